The second kappa shape index (κ2) is 4.46. The maximum Gasteiger partial charge on any atom is 0.219 e. The van der Waals surface area contributed by atoms with Gasteiger partial charge in [0, 0.05) is 25.0 Å². The highest BCUT2D eigenvalue weighted by atomic mass is 16.5. The van der Waals surface area contributed by atoms with E-state index < -0.39 is 0 Å². The van der Waals surface area contributed by atoms with Crippen molar-refractivity contribution in [3.63, 3.8) is 0 Å². The van der Waals surface area contributed by atoms with Gasteiger partial charge >= 0.3 is 0 Å². The van der Waals surface area contributed by atoms with Crippen molar-refractivity contribution in [1.29, 1.82) is 0 Å². The molecule has 1 N–H and O–H groups in total. The third kappa shape index (κ3) is 2.47. The van der Waals surface area contributed by atoms with E-state index in [1.54, 1.807) is 6.20 Å². The molecule has 0 amide bonds. The summed E-state index contributed by atoms with van der Waals surface area (Å²) < 4.78 is 5.54. The van der Waals surface area contributed by atoms with Gasteiger partial charge in [0.2, 0.25) is 5.88 Å². The Morgan fingerprint density at radius 2 is 1.87 bits per heavy atom. The van der Waals surface area contributed by atoms with Crippen LogP contribution in [0.15, 0.2) is 48.7 Å². The van der Waals surface area contributed by atoms with Crippen LogP contribution in [-0.2, 0) is 0 Å². The van der Waals surface area contributed by atoms with E-state index in [-0.39, 0.29) is 0 Å². The number of hydrogen-bond acceptors (Lipinski definition) is 3. The van der Waals surface area contributed by atoms with Crippen molar-refractivity contribution in [2.45, 2.75) is 0 Å². The van der Waals surface area contributed by atoms with Gasteiger partial charge in [-0.25, -0.2) is 4.98 Å². The molecule has 2 rings (SSSR count). The van der Waals surface area contributed by atoms with Gasteiger partial charge in [0.05, 0.1) is 0 Å². The summed E-state index contributed by atoms with van der Waals surface area (Å²) in [6, 6.07) is 13.3. The third-order valence-electron chi connectivity index (χ3n) is 2.00. The molecule has 0 atom stereocenters. The first kappa shape index (κ1) is 9.52. The fraction of sp³-hybridized carbons (Fsp3) is 0.0833. The average Bonchev–Trinajstić information content (AvgIpc) is 2.31. The highest BCUT2D eigenvalue weighted by Gasteiger charge is 1.96. The molecule has 15 heavy (non-hydrogen) atoms. The Balaban J connectivity index is 2.11. The maximum absolute atomic E-state index is 5.54. The lowest BCUT2D eigenvalue weighted by atomic mass is 10.3. The Hall–Kier alpha value is -2.03. The van der Waals surface area contributed by atoms with Crippen molar-refractivity contribution in [3.05, 3.63) is 48.7 Å². The molecule has 0 radical (unpaired) electrons. The number of nitrogens with one attached hydrogen (secondary N) is 1. The van der Waals surface area contributed by atoms with Gasteiger partial charge in [-0.1, -0.05) is 6.07 Å². The molecular weight excluding hydrogens is 188 g/mol. The molecule has 1 aromatic carbocycles. The van der Waals surface area contributed by atoms with Crippen LogP contribution in [-0.4, -0.2) is 12.0 Å². The molecular formula is C12H12N2O. The second-order valence-electron chi connectivity index (χ2n) is 3.04. The van der Waals surface area contributed by atoms with Gasteiger partial charge in [-0.15, -0.1) is 0 Å². The first-order valence-corrected chi connectivity index (χ1v) is 4.75. The molecule has 3 nitrogen and oxygen atoms in total. The molecule has 0 spiro atoms. The van der Waals surface area contributed by atoms with Crippen molar-refractivity contribution < 1.29 is 4.74 Å². The minimum atomic E-state index is 0.606. The molecule has 1 aromatic heterocycles. The van der Waals surface area contributed by atoms with Gasteiger partial charge in [-0.3, -0.25) is 0 Å². The van der Waals surface area contributed by atoms with Crippen LogP contribution in [0.4, 0.5) is 5.69 Å². The quantitative estimate of drug-likeness (QED) is 0.827. The van der Waals surface area contributed by atoms with Gasteiger partial charge in [0.15, 0.2) is 0 Å². The summed E-state index contributed by atoms with van der Waals surface area (Å²) in [6.07, 6.45) is 1.71. The zero-order valence-corrected chi connectivity index (χ0v) is 8.47. The van der Waals surface area contributed by atoms with E-state index >= 15 is 0 Å². The monoisotopic (exact) mass is 200 g/mol. The summed E-state index contributed by atoms with van der Waals surface area (Å²) in [5.41, 5.74) is 1.06. The largest absolute Gasteiger partial charge is 0.439 e. The number of nitrogens with zero attached hydrogens (tertiary/aromatic N) is 1. The van der Waals surface area contributed by atoms with Gasteiger partial charge in [0.1, 0.15) is 5.75 Å². The lowest BCUT2D eigenvalue weighted by Gasteiger charge is -2.05. The Morgan fingerprint density at radius 1 is 1.07 bits per heavy atom. The number of hydrogen-bond donors (Lipinski definition) is 1. The Kier molecular flexibility index (Phi) is 2.83. The number of rotatable bonds is 3. The van der Waals surface area contributed by atoms with Crippen LogP contribution < -0.4 is 10.1 Å². The molecule has 76 valence electrons. The maximum atomic E-state index is 5.54. The number of anilines is 1. The number of benzene rings is 1. The smallest absolute Gasteiger partial charge is 0.219 e. The fourth-order valence-corrected chi connectivity index (χ4v) is 1.22. The van der Waals surface area contributed by atoms with Crippen molar-refractivity contribution in [1.82, 2.24) is 4.98 Å². The van der Waals surface area contributed by atoms with E-state index in [0.29, 0.717) is 5.88 Å². The zero-order valence-electron chi connectivity index (χ0n) is 8.47. The number of aromatic nitrogens is 1. The molecule has 0 fully saturated rings. The molecule has 0 aliphatic heterocycles. The molecule has 2 aromatic rings. The Labute approximate surface area is 88.7 Å². The SMILES string of the molecule is CNc1ccc(Oc2ccccn2)cc1. The van der Waals surface area contributed by atoms with Gasteiger partial charge in [0.25, 0.3) is 0 Å². The van der Waals surface area contributed by atoms with Crippen molar-refractivity contribution >= 4 is 5.69 Å². The summed E-state index contributed by atoms with van der Waals surface area (Å²) in [4.78, 5) is 4.08. The highest BCUT2D eigenvalue weighted by Crippen LogP contribution is 2.20. The molecule has 0 saturated carbocycles. The summed E-state index contributed by atoms with van der Waals surface area (Å²) in [5.74, 6) is 1.39. The molecule has 3 heteroatoms. The van der Waals surface area contributed by atoms with E-state index in [4.69, 9.17) is 4.74 Å². The molecule has 0 unspecified atom stereocenters. The molecule has 0 bridgehead atoms. The topological polar surface area (TPSA) is 34.1 Å². The lowest BCUT2D eigenvalue weighted by molar-refractivity contribution is 0.463. The van der Waals surface area contributed by atoms with E-state index in [0.717, 1.165) is 11.4 Å². The predicted octanol–water partition coefficient (Wildman–Crippen LogP) is 2.92. The van der Waals surface area contributed by atoms with E-state index in [1.807, 2.05) is 49.5 Å². The minimum absolute atomic E-state index is 0.606. The first-order chi connectivity index (χ1) is 7.38. The van der Waals surface area contributed by atoms with E-state index in [2.05, 4.69) is 10.3 Å². The van der Waals surface area contributed by atoms with Gasteiger partial charge in [-0.2, -0.15) is 0 Å². The molecule has 0 aliphatic rings. The predicted molar refractivity (Wildman–Crippen MR) is 60.3 cm³/mol. The summed E-state index contributed by atoms with van der Waals surface area (Å²) in [5, 5.41) is 3.05. The molecule has 0 aliphatic carbocycles. The van der Waals surface area contributed by atoms with Crippen LogP contribution in [0.2, 0.25) is 0 Å². The van der Waals surface area contributed by atoms with Crippen LogP contribution in [0.5, 0.6) is 11.6 Å². The Morgan fingerprint density at radius 3 is 2.47 bits per heavy atom. The fourth-order valence-electron chi connectivity index (χ4n) is 1.22. The minimum Gasteiger partial charge on any atom is -0.439 e. The van der Waals surface area contributed by atoms with Crippen LogP contribution in [0.1, 0.15) is 0 Å². The van der Waals surface area contributed by atoms with Crippen molar-refractivity contribution in [2.75, 3.05) is 12.4 Å². The van der Waals surface area contributed by atoms with E-state index in [9.17, 15) is 0 Å². The van der Waals surface area contributed by atoms with Crippen LogP contribution >= 0.6 is 0 Å². The molecule has 1 heterocycles. The lowest BCUT2D eigenvalue weighted by Crippen LogP contribution is -1.89. The standard InChI is InChI=1S/C12H12N2O/c1-13-10-5-7-11(8-6-10)15-12-4-2-3-9-14-12/h2-9,13H,1H3. The highest BCUT2D eigenvalue weighted by molar-refractivity contribution is 5.46. The summed E-state index contributed by atoms with van der Waals surface area (Å²) in [7, 11) is 1.88. The summed E-state index contributed by atoms with van der Waals surface area (Å²) >= 11 is 0. The number of pyridine rings is 1. The van der Waals surface area contributed by atoms with E-state index in [1.165, 1.54) is 0 Å². The van der Waals surface area contributed by atoms with Crippen LogP contribution in [0, 0.1) is 0 Å². The zero-order chi connectivity index (χ0) is 10.5. The average molecular weight is 200 g/mol. The van der Waals surface area contributed by atoms with Crippen molar-refractivity contribution in [2.24, 2.45) is 0 Å². The van der Waals surface area contributed by atoms with Crippen LogP contribution in [0.3, 0.4) is 0 Å². The first-order valence-electron chi connectivity index (χ1n) is 4.75. The number of ether oxygens (including phenoxy) is 1. The summed E-state index contributed by atoms with van der Waals surface area (Å²) in [6.45, 7) is 0. The second-order valence-corrected chi connectivity index (χ2v) is 3.04. The normalized spacial score (nSPS) is 9.67. The third-order valence-corrected chi connectivity index (χ3v) is 2.00. The van der Waals surface area contributed by atoms with Gasteiger partial charge in [-0.05, 0) is 30.3 Å². The van der Waals surface area contributed by atoms with Crippen molar-refractivity contribution in [3.8, 4) is 11.6 Å². The van der Waals surface area contributed by atoms with Crippen LogP contribution in [0.25, 0.3) is 0 Å². The van der Waals surface area contributed by atoms with Gasteiger partial charge < -0.3 is 10.1 Å². The molecule has 0 saturated heterocycles. The Bertz CT molecular complexity index is 411.